The molecule has 10 heteroatoms. The van der Waals surface area contributed by atoms with Crippen LogP contribution >= 0.6 is 22.9 Å². The summed E-state index contributed by atoms with van der Waals surface area (Å²) in [7, 11) is 1.81. The van der Waals surface area contributed by atoms with Gasteiger partial charge in [-0.1, -0.05) is 17.7 Å². The van der Waals surface area contributed by atoms with Crippen LogP contribution in [0.1, 0.15) is 27.9 Å². The van der Waals surface area contributed by atoms with Gasteiger partial charge in [0.15, 0.2) is 5.13 Å². The summed E-state index contributed by atoms with van der Waals surface area (Å²) in [6.07, 6.45) is 2.18. The Morgan fingerprint density at radius 2 is 2.13 bits per heavy atom. The number of carbonyl (C=O) groups is 1. The van der Waals surface area contributed by atoms with E-state index in [4.69, 9.17) is 17.3 Å². The summed E-state index contributed by atoms with van der Waals surface area (Å²) in [5.74, 6) is -0.251. The minimum Gasteiger partial charge on any atom is -0.365 e. The zero-order valence-corrected chi connectivity index (χ0v) is 19.0. The van der Waals surface area contributed by atoms with Crippen molar-refractivity contribution < 1.29 is 4.79 Å². The minimum atomic E-state index is -0.260. The standard InChI is InChI=1S/C21H25ClN6O2S/c1-13-10-26-28(6-5-17-12-31-21(24-2)27-17)20(30)18(13)8-19(29)25-11-15-7-16(22)4-3-14(15)9-23/h3-4,7,10,12H,5-6,8-9,11,23H2,1-2H3,(H,24,27)(H,25,29). The maximum atomic E-state index is 12.9. The Balaban J connectivity index is 1.66. The van der Waals surface area contributed by atoms with Crippen LogP contribution in [0, 0.1) is 6.92 Å². The third-order valence-electron chi connectivity index (χ3n) is 4.91. The molecule has 0 aliphatic carbocycles. The van der Waals surface area contributed by atoms with Gasteiger partial charge < -0.3 is 16.4 Å². The monoisotopic (exact) mass is 460 g/mol. The van der Waals surface area contributed by atoms with E-state index in [-0.39, 0.29) is 17.9 Å². The third-order valence-corrected chi connectivity index (χ3v) is 6.05. The molecule has 1 amide bonds. The van der Waals surface area contributed by atoms with Crippen molar-refractivity contribution in [3.8, 4) is 0 Å². The lowest BCUT2D eigenvalue weighted by Crippen LogP contribution is -2.32. The van der Waals surface area contributed by atoms with Crippen molar-refractivity contribution in [1.29, 1.82) is 0 Å². The Hall–Kier alpha value is -2.75. The van der Waals surface area contributed by atoms with Crippen LogP contribution in [-0.2, 0) is 37.3 Å². The Morgan fingerprint density at radius 1 is 1.32 bits per heavy atom. The molecule has 0 bridgehead atoms. The van der Waals surface area contributed by atoms with Crippen molar-refractivity contribution in [3.05, 3.63) is 73.1 Å². The molecule has 2 heterocycles. The van der Waals surface area contributed by atoms with E-state index in [0.717, 1.165) is 22.0 Å². The van der Waals surface area contributed by atoms with Crippen molar-refractivity contribution in [1.82, 2.24) is 20.1 Å². The molecule has 164 valence electrons. The summed E-state index contributed by atoms with van der Waals surface area (Å²) in [4.78, 5) is 29.8. The molecule has 0 spiro atoms. The molecule has 0 fully saturated rings. The van der Waals surface area contributed by atoms with Gasteiger partial charge in [-0.2, -0.15) is 5.10 Å². The molecule has 0 aliphatic rings. The zero-order chi connectivity index (χ0) is 22.4. The van der Waals surface area contributed by atoms with E-state index in [1.807, 2.05) is 18.5 Å². The number of hydrogen-bond donors (Lipinski definition) is 3. The van der Waals surface area contributed by atoms with Crippen molar-refractivity contribution in [2.24, 2.45) is 5.73 Å². The van der Waals surface area contributed by atoms with Gasteiger partial charge in [-0.05, 0) is 35.7 Å². The number of nitrogens with zero attached hydrogens (tertiary/aromatic N) is 3. The van der Waals surface area contributed by atoms with Crippen molar-refractivity contribution in [2.75, 3.05) is 12.4 Å². The number of benzene rings is 1. The highest BCUT2D eigenvalue weighted by Gasteiger charge is 2.14. The predicted octanol–water partition coefficient (Wildman–Crippen LogP) is 2.26. The summed E-state index contributed by atoms with van der Waals surface area (Å²) in [6, 6.07) is 5.40. The van der Waals surface area contributed by atoms with Crippen LogP contribution in [0.4, 0.5) is 5.13 Å². The van der Waals surface area contributed by atoms with Gasteiger partial charge in [0.05, 0.1) is 24.9 Å². The fraction of sp³-hybridized carbons (Fsp3) is 0.333. The molecular weight excluding hydrogens is 436 g/mol. The summed E-state index contributed by atoms with van der Waals surface area (Å²) >= 11 is 7.56. The molecule has 0 saturated carbocycles. The lowest BCUT2D eigenvalue weighted by Gasteiger charge is -2.12. The van der Waals surface area contributed by atoms with E-state index >= 15 is 0 Å². The van der Waals surface area contributed by atoms with Crippen LogP contribution in [0.25, 0.3) is 0 Å². The van der Waals surface area contributed by atoms with Crippen LogP contribution in [-0.4, -0.2) is 27.7 Å². The van der Waals surface area contributed by atoms with E-state index in [1.54, 1.807) is 25.3 Å². The van der Waals surface area contributed by atoms with Crippen molar-refractivity contribution in [3.63, 3.8) is 0 Å². The number of rotatable bonds is 9. The summed E-state index contributed by atoms with van der Waals surface area (Å²) in [5, 5.41) is 13.4. The Morgan fingerprint density at radius 3 is 2.84 bits per heavy atom. The SMILES string of the molecule is CNc1nc(CCn2ncc(C)c(CC(=O)NCc3cc(Cl)ccc3CN)c2=O)cs1. The molecule has 0 aliphatic heterocycles. The largest absolute Gasteiger partial charge is 0.365 e. The van der Waals surface area contributed by atoms with Gasteiger partial charge >= 0.3 is 0 Å². The van der Waals surface area contributed by atoms with Crippen LogP contribution in [0.5, 0.6) is 0 Å². The second-order valence-corrected chi connectivity index (χ2v) is 8.34. The molecule has 0 unspecified atom stereocenters. The average Bonchev–Trinajstić information content (AvgIpc) is 3.23. The van der Waals surface area contributed by atoms with Crippen molar-refractivity contribution in [2.45, 2.75) is 39.4 Å². The molecule has 0 atom stereocenters. The zero-order valence-electron chi connectivity index (χ0n) is 17.4. The number of aromatic nitrogens is 3. The van der Waals surface area contributed by atoms with Crippen molar-refractivity contribution >= 4 is 34.0 Å². The third kappa shape index (κ3) is 5.90. The number of carbonyl (C=O) groups excluding carboxylic acids is 1. The Bertz CT molecular complexity index is 1130. The fourth-order valence-electron chi connectivity index (χ4n) is 3.12. The molecule has 0 saturated heterocycles. The normalized spacial score (nSPS) is 10.8. The number of anilines is 1. The molecular formula is C21H25ClN6O2S. The first-order valence-corrected chi connectivity index (χ1v) is 11.1. The summed E-state index contributed by atoms with van der Waals surface area (Å²) < 4.78 is 1.39. The highest BCUT2D eigenvalue weighted by Crippen LogP contribution is 2.16. The first-order valence-electron chi connectivity index (χ1n) is 9.83. The van der Waals surface area contributed by atoms with E-state index < -0.39 is 0 Å². The molecule has 2 aromatic heterocycles. The lowest BCUT2D eigenvalue weighted by molar-refractivity contribution is -0.120. The fourth-order valence-corrected chi connectivity index (χ4v) is 4.02. The number of nitrogens with two attached hydrogens (primary N) is 1. The molecule has 4 N–H and O–H groups in total. The Labute approximate surface area is 189 Å². The smallest absolute Gasteiger partial charge is 0.270 e. The van der Waals surface area contributed by atoms with E-state index in [1.165, 1.54) is 16.0 Å². The van der Waals surface area contributed by atoms with Crippen LogP contribution in [0.2, 0.25) is 5.02 Å². The molecule has 8 nitrogen and oxygen atoms in total. The number of thiazole rings is 1. The number of amides is 1. The first-order chi connectivity index (χ1) is 14.9. The second kappa shape index (κ2) is 10.5. The minimum absolute atomic E-state index is 0.0215. The summed E-state index contributed by atoms with van der Waals surface area (Å²) in [5.41, 5.74) is 9.28. The number of aryl methyl sites for hydroxylation is 3. The topological polar surface area (TPSA) is 115 Å². The predicted molar refractivity (Wildman–Crippen MR) is 123 cm³/mol. The van der Waals surface area contributed by atoms with Gasteiger partial charge in [-0.3, -0.25) is 9.59 Å². The van der Waals surface area contributed by atoms with E-state index in [2.05, 4.69) is 20.7 Å². The van der Waals surface area contributed by atoms with Gasteiger partial charge in [0.2, 0.25) is 5.91 Å². The van der Waals surface area contributed by atoms with Crippen LogP contribution in [0.3, 0.4) is 0 Å². The van der Waals surface area contributed by atoms with Crippen LogP contribution in [0.15, 0.2) is 34.6 Å². The highest BCUT2D eigenvalue weighted by atomic mass is 35.5. The van der Waals surface area contributed by atoms with Gasteiger partial charge in [-0.15, -0.1) is 11.3 Å². The molecule has 0 radical (unpaired) electrons. The van der Waals surface area contributed by atoms with E-state index in [9.17, 15) is 9.59 Å². The maximum Gasteiger partial charge on any atom is 0.270 e. The number of halogens is 1. The maximum absolute atomic E-state index is 12.9. The molecule has 31 heavy (non-hydrogen) atoms. The second-order valence-electron chi connectivity index (χ2n) is 7.05. The molecule has 1 aromatic carbocycles. The quantitative estimate of drug-likeness (QED) is 0.451. The van der Waals surface area contributed by atoms with Gasteiger partial charge in [0.1, 0.15) is 0 Å². The number of hydrogen-bond acceptors (Lipinski definition) is 7. The van der Waals surface area contributed by atoms with Gasteiger partial charge in [-0.25, -0.2) is 9.67 Å². The van der Waals surface area contributed by atoms with Gasteiger partial charge in [0.25, 0.3) is 5.56 Å². The first kappa shape index (κ1) is 22.9. The lowest BCUT2D eigenvalue weighted by atomic mass is 10.1. The van der Waals surface area contributed by atoms with Gasteiger partial charge in [0, 0.05) is 42.5 Å². The molecule has 3 rings (SSSR count). The average molecular weight is 461 g/mol. The Kier molecular flexibility index (Phi) is 7.78. The summed E-state index contributed by atoms with van der Waals surface area (Å²) in [6.45, 7) is 2.82. The number of nitrogens with one attached hydrogen (secondary N) is 2. The molecule has 3 aromatic rings. The van der Waals surface area contributed by atoms with E-state index in [0.29, 0.717) is 42.2 Å². The highest BCUT2D eigenvalue weighted by molar-refractivity contribution is 7.13. The van der Waals surface area contributed by atoms with Crippen LogP contribution < -0.4 is 21.9 Å².